The summed E-state index contributed by atoms with van der Waals surface area (Å²) in [6.07, 6.45) is 3.30. The average molecular weight is 521 g/mol. The lowest BCUT2D eigenvalue weighted by Crippen LogP contribution is -2.63. The number of ketones is 1. The van der Waals surface area contributed by atoms with Crippen molar-refractivity contribution in [3.63, 3.8) is 0 Å². The van der Waals surface area contributed by atoms with Gasteiger partial charge in [-0.25, -0.2) is 14.4 Å². The van der Waals surface area contributed by atoms with Gasteiger partial charge in [0, 0.05) is 11.8 Å². The third kappa shape index (κ3) is 4.57. The van der Waals surface area contributed by atoms with Crippen molar-refractivity contribution in [3.8, 4) is 0 Å². The first-order valence-corrected chi connectivity index (χ1v) is 13.5. The topological polar surface area (TPSA) is 125 Å². The van der Waals surface area contributed by atoms with E-state index in [0.717, 1.165) is 18.4 Å². The summed E-state index contributed by atoms with van der Waals surface area (Å²) in [6.45, 7) is 8.62. The van der Waals surface area contributed by atoms with Crippen molar-refractivity contribution in [2.24, 2.45) is 28.6 Å². The molecule has 3 fully saturated rings. The number of ether oxygens (including phenoxy) is 4. The van der Waals surface area contributed by atoms with Crippen LogP contribution in [-0.4, -0.2) is 60.0 Å². The van der Waals surface area contributed by atoms with E-state index in [-0.39, 0.29) is 48.4 Å². The van der Waals surface area contributed by atoms with Crippen LogP contribution in [-0.2, 0) is 33.3 Å². The molecular formula is C28H40O9. The largest absolute Gasteiger partial charge is 0.509 e. The van der Waals surface area contributed by atoms with Crippen LogP contribution in [0.25, 0.3) is 0 Å². The minimum atomic E-state index is -1.71. The molecule has 0 aromatic carbocycles. The molecule has 1 N–H and O–H groups in total. The molecule has 0 aromatic rings. The fraction of sp³-hybridized carbons (Fsp3) is 0.786. The molecule has 0 unspecified atom stereocenters. The second-order valence-electron chi connectivity index (χ2n) is 11.8. The van der Waals surface area contributed by atoms with E-state index in [2.05, 4.69) is 6.92 Å². The van der Waals surface area contributed by atoms with Gasteiger partial charge in [0.2, 0.25) is 5.60 Å². The summed E-state index contributed by atoms with van der Waals surface area (Å²) in [5.41, 5.74) is -1.81. The van der Waals surface area contributed by atoms with Crippen LogP contribution in [0.2, 0.25) is 0 Å². The number of aliphatic hydroxyl groups is 1. The summed E-state index contributed by atoms with van der Waals surface area (Å²) >= 11 is 0. The van der Waals surface area contributed by atoms with Gasteiger partial charge in [-0.15, -0.1) is 0 Å². The Morgan fingerprint density at radius 2 is 1.84 bits per heavy atom. The van der Waals surface area contributed by atoms with Gasteiger partial charge in [0.1, 0.15) is 0 Å². The zero-order valence-corrected chi connectivity index (χ0v) is 22.5. The van der Waals surface area contributed by atoms with Crippen molar-refractivity contribution in [3.05, 3.63) is 11.6 Å². The number of aliphatic hydroxyl groups excluding tert-OH is 1. The van der Waals surface area contributed by atoms with Gasteiger partial charge in [-0.2, -0.15) is 0 Å². The van der Waals surface area contributed by atoms with Crippen LogP contribution in [0.1, 0.15) is 79.6 Å². The summed E-state index contributed by atoms with van der Waals surface area (Å²) in [5.74, 6) is -1.38. The van der Waals surface area contributed by atoms with E-state index >= 15 is 0 Å². The summed E-state index contributed by atoms with van der Waals surface area (Å²) in [7, 11) is 0. The highest BCUT2D eigenvalue weighted by Crippen LogP contribution is 2.68. The molecule has 4 aliphatic rings. The minimum Gasteiger partial charge on any atom is -0.463 e. The highest BCUT2D eigenvalue weighted by molar-refractivity contribution is 5.91. The zero-order chi connectivity index (χ0) is 27.2. The van der Waals surface area contributed by atoms with Crippen LogP contribution >= 0.6 is 0 Å². The van der Waals surface area contributed by atoms with Crippen molar-refractivity contribution < 1.29 is 43.2 Å². The monoisotopic (exact) mass is 520 g/mol. The van der Waals surface area contributed by atoms with Gasteiger partial charge >= 0.3 is 18.1 Å². The molecule has 7 atom stereocenters. The number of allylic oxidation sites excluding steroid dienone is 1. The first-order chi connectivity index (χ1) is 17.4. The third-order valence-electron chi connectivity index (χ3n) is 9.56. The number of fused-ring (bicyclic) bond motifs is 5. The van der Waals surface area contributed by atoms with Crippen molar-refractivity contribution in [2.45, 2.75) is 97.4 Å². The Kier molecular flexibility index (Phi) is 7.49. The van der Waals surface area contributed by atoms with Gasteiger partial charge in [-0.1, -0.05) is 19.4 Å². The quantitative estimate of drug-likeness (QED) is 0.410. The second kappa shape index (κ2) is 10.0. The Morgan fingerprint density at radius 3 is 2.51 bits per heavy atom. The zero-order valence-electron chi connectivity index (χ0n) is 22.5. The maximum Gasteiger partial charge on any atom is 0.509 e. The molecular weight excluding hydrogens is 480 g/mol. The van der Waals surface area contributed by atoms with E-state index in [1.54, 1.807) is 26.8 Å². The first-order valence-electron chi connectivity index (χ1n) is 13.5. The summed E-state index contributed by atoms with van der Waals surface area (Å²) in [5, 5.41) is 11.7. The molecule has 3 saturated carbocycles. The third-order valence-corrected chi connectivity index (χ3v) is 9.56. The molecule has 0 aliphatic heterocycles. The number of esters is 2. The van der Waals surface area contributed by atoms with Gasteiger partial charge < -0.3 is 24.1 Å². The number of hydrogen-bond donors (Lipinski definition) is 1. The second-order valence-corrected chi connectivity index (χ2v) is 11.8. The fourth-order valence-electron chi connectivity index (χ4n) is 8.02. The van der Waals surface area contributed by atoms with Crippen LogP contribution in [0.5, 0.6) is 0 Å². The molecule has 4 aliphatic carbocycles. The molecule has 0 radical (unpaired) electrons. The molecule has 0 saturated heterocycles. The number of carbonyl (C=O) groups is 4. The van der Waals surface area contributed by atoms with E-state index in [0.29, 0.717) is 19.3 Å². The predicted octanol–water partition coefficient (Wildman–Crippen LogP) is 3.90. The Bertz CT molecular complexity index is 986. The van der Waals surface area contributed by atoms with E-state index in [4.69, 9.17) is 18.9 Å². The molecule has 206 valence electrons. The first kappa shape index (κ1) is 27.6. The molecule has 9 heteroatoms. The van der Waals surface area contributed by atoms with Crippen LogP contribution < -0.4 is 0 Å². The predicted molar refractivity (Wildman–Crippen MR) is 131 cm³/mol. The van der Waals surface area contributed by atoms with Crippen molar-refractivity contribution in [1.29, 1.82) is 0 Å². The van der Waals surface area contributed by atoms with Gasteiger partial charge in [0.05, 0.1) is 18.8 Å². The van der Waals surface area contributed by atoms with Gasteiger partial charge in [-0.05, 0) is 88.5 Å². The Balaban J connectivity index is 1.68. The Morgan fingerprint density at radius 1 is 1.11 bits per heavy atom. The molecule has 0 aromatic heterocycles. The van der Waals surface area contributed by atoms with Crippen molar-refractivity contribution in [2.75, 3.05) is 13.2 Å². The molecule has 37 heavy (non-hydrogen) atoms. The lowest BCUT2D eigenvalue weighted by atomic mass is 9.45. The van der Waals surface area contributed by atoms with Crippen LogP contribution in [0.15, 0.2) is 11.6 Å². The summed E-state index contributed by atoms with van der Waals surface area (Å²) in [4.78, 5) is 50.5. The SMILES string of the molecule is CCOC(=O)COC(=O)[C@@]1(OC(=O)OC(C)C)CC[C@H]2[C@@H]3CCC4=CC(=O)CC[C@]4(C)[C@H]3[C@@H](O)C[C@@]21C. The number of hydrogen-bond acceptors (Lipinski definition) is 9. The van der Waals surface area contributed by atoms with Gasteiger partial charge in [0.15, 0.2) is 12.4 Å². The molecule has 0 spiro atoms. The van der Waals surface area contributed by atoms with Crippen LogP contribution in [0.3, 0.4) is 0 Å². The lowest BCUT2D eigenvalue weighted by Gasteiger charge is -2.60. The summed E-state index contributed by atoms with van der Waals surface area (Å²) < 4.78 is 21.4. The van der Waals surface area contributed by atoms with Crippen LogP contribution in [0, 0.1) is 28.6 Å². The molecule has 0 heterocycles. The molecule has 0 bridgehead atoms. The highest BCUT2D eigenvalue weighted by atomic mass is 16.7. The van der Waals surface area contributed by atoms with Crippen LogP contribution in [0.4, 0.5) is 4.79 Å². The van der Waals surface area contributed by atoms with Crippen molar-refractivity contribution >= 4 is 23.9 Å². The number of carbonyl (C=O) groups excluding carboxylic acids is 4. The maximum absolute atomic E-state index is 13.7. The van der Waals surface area contributed by atoms with E-state index in [1.165, 1.54) is 0 Å². The van der Waals surface area contributed by atoms with Gasteiger partial charge in [0.25, 0.3) is 0 Å². The Labute approximate surface area is 218 Å². The summed E-state index contributed by atoms with van der Waals surface area (Å²) in [6, 6.07) is 0. The smallest absolute Gasteiger partial charge is 0.463 e. The molecule has 0 amide bonds. The fourth-order valence-corrected chi connectivity index (χ4v) is 8.02. The van der Waals surface area contributed by atoms with E-state index in [9.17, 15) is 24.3 Å². The number of rotatable bonds is 6. The minimum absolute atomic E-state index is 0.0288. The van der Waals surface area contributed by atoms with Gasteiger partial charge in [-0.3, -0.25) is 4.79 Å². The lowest BCUT2D eigenvalue weighted by molar-refractivity contribution is -0.205. The van der Waals surface area contributed by atoms with E-state index < -0.39 is 47.9 Å². The normalized spacial score (nSPS) is 38.6. The van der Waals surface area contributed by atoms with E-state index in [1.807, 2.05) is 6.92 Å². The molecule has 4 rings (SSSR count). The molecule has 9 nitrogen and oxygen atoms in total. The Hall–Kier alpha value is -2.42. The highest BCUT2D eigenvalue weighted by Gasteiger charge is 2.71. The standard InChI is InChI=1S/C28H40O9/c1-6-34-22(31)15-35-24(32)28(37-25(33)36-16(2)3)12-10-20-19-8-7-17-13-18(29)9-11-26(17,4)23(19)21(30)14-27(20,28)5/h13,16,19-21,23,30H,6-12,14-15H2,1-5H3/t19-,20-,21-,23+,26-,27-,28-/m0/s1. The maximum atomic E-state index is 13.7. The van der Waals surface area contributed by atoms with Crippen molar-refractivity contribution in [1.82, 2.24) is 0 Å². The average Bonchev–Trinajstić information content (AvgIpc) is 3.09.